The van der Waals surface area contributed by atoms with Crippen LogP contribution in [-0.4, -0.2) is 38.4 Å². The summed E-state index contributed by atoms with van der Waals surface area (Å²) in [6.45, 7) is -0.0230. The minimum Gasteiger partial charge on any atom is -0.494 e. The lowest BCUT2D eigenvalue weighted by Crippen LogP contribution is -2.22. The summed E-state index contributed by atoms with van der Waals surface area (Å²) in [5.74, 6) is 0.107. The zero-order valence-electron chi connectivity index (χ0n) is 20.2. The zero-order chi connectivity index (χ0) is 26.6. The molecule has 0 radical (unpaired) electrons. The van der Waals surface area contributed by atoms with Gasteiger partial charge in [-0.3, -0.25) is 9.89 Å². The van der Waals surface area contributed by atoms with Gasteiger partial charge in [0.1, 0.15) is 17.0 Å². The second-order valence-electron chi connectivity index (χ2n) is 9.45. The number of methoxy groups -OCH3 is 1. The number of benzene rings is 2. The highest BCUT2D eigenvalue weighted by molar-refractivity contribution is 5.84. The highest BCUT2D eigenvalue weighted by Crippen LogP contribution is 2.43. The molecule has 0 saturated heterocycles. The van der Waals surface area contributed by atoms with Crippen LogP contribution in [0, 0.1) is 5.92 Å². The Hall–Kier alpha value is -4.12. The molecule has 38 heavy (non-hydrogen) atoms. The van der Waals surface area contributed by atoms with Crippen molar-refractivity contribution in [3.05, 3.63) is 70.3 Å². The fourth-order valence-electron chi connectivity index (χ4n) is 5.35. The van der Waals surface area contributed by atoms with E-state index >= 15 is 0 Å². The van der Waals surface area contributed by atoms with Crippen molar-refractivity contribution >= 4 is 16.7 Å². The van der Waals surface area contributed by atoms with E-state index in [9.17, 15) is 23.1 Å². The number of oxazole rings is 1. The van der Waals surface area contributed by atoms with Crippen LogP contribution in [0.2, 0.25) is 0 Å². The molecule has 196 valence electrons. The number of aromatic amines is 1. The van der Waals surface area contributed by atoms with E-state index in [4.69, 9.17) is 14.1 Å². The fourth-order valence-corrected chi connectivity index (χ4v) is 5.35. The number of hydrogen-bond donors (Lipinski definition) is 2. The van der Waals surface area contributed by atoms with Crippen LogP contribution in [0.15, 0.2) is 57.7 Å². The Labute approximate surface area is 213 Å². The number of aromatic nitrogens is 4. The number of halogens is 3. The molecule has 2 unspecified atom stereocenters. The quantitative estimate of drug-likeness (QED) is 0.319. The largest absolute Gasteiger partial charge is 0.494 e. The third-order valence-corrected chi connectivity index (χ3v) is 7.16. The van der Waals surface area contributed by atoms with Gasteiger partial charge < -0.3 is 14.3 Å². The monoisotopic (exact) mass is 524 g/mol. The number of aliphatic hydroxyl groups is 1. The van der Waals surface area contributed by atoms with Crippen LogP contribution in [0.25, 0.3) is 39.3 Å². The summed E-state index contributed by atoms with van der Waals surface area (Å²) < 4.78 is 54.7. The Balaban J connectivity index is 1.68. The minimum absolute atomic E-state index is 0.00221. The molecule has 0 spiro atoms. The molecule has 2 atom stereocenters. The summed E-state index contributed by atoms with van der Waals surface area (Å²) in [7, 11) is 1.48. The van der Waals surface area contributed by atoms with Crippen LogP contribution in [0.3, 0.4) is 0 Å². The van der Waals surface area contributed by atoms with Crippen molar-refractivity contribution in [3.63, 3.8) is 0 Å². The van der Waals surface area contributed by atoms with E-state index in [1.165, 1.54) is 7.11 Å². The summed E-state index contributed by atoms with van der Waals surface area (Å²) in [4.78, 5) is 23.2. The molecule has 6 rings (SSSR count). The third-order valence-electron chi connectivity index (χ3n) is 7.16. The first-order chi connectivity index (χ1) is 18.3. The molecular weight excluding hydrogens is 501 g/mol. The number of ether oxygens (including phenoxy) is 1. The lowest BCUT2D eigenvalue weighted by Gasteiger charge is -2.14. The van der Waals surface area contributed by atoms with Gasteiger partial charge in [0.05, 0.1) is 18.4 Å². The Morgan fingerprint density at radius 1 is 1.11 bits per heavy atom. The van der Waals surface area contributed by atoms with Gasteiger partial charge in [-0.1, -0.05) is 36.4 Å². The van der Waals surface area contributed by atoms with Crippen LogP contribution in [-0.2, 0) is 6.18 Å². The van der Waals surface area contributed by atoms with E-state index in [2.05, 4.69) is 10.1 Å². The van der Waals surface area contributed by atoms with Crippen molar-refractivity contribution in [2.24, 2.45) is 5.92 Å². The van der Waals surface area contributed by atoms with Crippen molar-refractivity contribution in [2.45, 2.75) is 31.4 Å². The Kier molecular flexibility index (Phi) is 5.75. The van der Waals surface area contributed by atoms with E-state index in [1.807, 2.05) is 0 Å². The number of hydrogen-bond acceptors (Lipinski definition) is 6. The second kappa shape index (κ2) is 9.02. The molecule has 1 saturated carbocycles. The number of fused-ring (bicyclic) bond motifs is 2. The Bertz CT molecular complexity index is 1710. The first-order valence-corrected chi connectivity index (χ1v) is 12.2. The third kappa shape index (κ3) is 3.85. The smallest absolute Gasteiger partial charge is 0.433 e. The maximum absolute atomic E-state index is 14.2. The number of para-hydroxylation sites is 1. The molecule has 1 fully saturated rings. The van der Waals surface area contributed by atoms with Crippen molar-refractivity contribution in [3.8, 4) is 28.3 Å². The number of nitrogens with one attached hydrogen (secondary N) is 1. The maximum Gasteiger partial charge on any atom is 0.433 e. The molecule has 0 aliphatic heterocycles. The van der Waals surface area contributed by atoms with Gasteiger partial charge >= 0.3 is 6.18 Å². The lowest BCUT2D eigenvalue weighted by atomic mass is 9.97. The van der Waals surface area contributed by atoms with Gasteiger partial charge in [-0.15, -0.1) is 0 Å². The molecular formula is C27H23F3N4O4. The molecule has 3 aromatic heterocycles. The molecule has 0 amide bonds. The minimum atomic E-state index is -4.77. The fraction of sp³-hybridized carbons (Fsp3) is 0.296. The standard InChI is InChI=1S/C27H23F3N4O4/c1-37-17-8-5-9-18-22(17)32-25(38-18)20-21(16-11-10-14(12-16)13-35)31-24-19(15-6-3-2-4-7-15)23(27(28,29)30)33-34(24)26(20)36/h2-9,14,16,33,35H,10-13H2,1H3. The SMILES string of the molecule is COc1cccc2oc(-c3c(C4CCC(CO)C4)nc4c(-c5ccccc5)c(C(F)(F)F)[nH]n4c3=O)nc12. The number of alkyl halides is 3. The molecule has 8 nitrogen and oxygen atoms in total. The number of nitrogens with zero attached hydrogens (tertiary/aromatic N) is 3. The normalized spacial score (nSPS) is 18.0. The highest BCUT2D eigenvalue weighted by Gasteiger charge is 2.40. The van der Waals surface area contributed by atoms with Gasteiger partial charge in [0.15, 0.2) is 16.7 Å². The molecule has 5 aromatic rings. The highest BCUT2D eigenvalue weighted by atomic mass is 19.4. The Morgan fingerprint density at radius 2 is 1.89 bits per heavy atom. The molecule has 2 aromatic carbocycles. The average Bonchev–Trinajstić information content (AvgIpc) is 3.65. The number of aliphatic hydroxyl groups excluding tert-OH is 1. The van der Waals surface area contributed by atoms with Crippen LogP contribution in [0.4, 0.5) is 13.2 Å². The first-order valence-electron chi connectivity index (χ1n) is 12.2. The van der Waals surface area contributed by atoms with Gasteiger partial charge in [0.2, 0.25) is 5.89 Å². The molecule has 0 bridgehead atoms. The predicted octanol–water partition coefficient (Wildman–Crippen LogP) is 5.40. The zero-order valence-corrected chi connectivity index (χ0v) is 20.2. The lowest BCUT2D eigenvalue weighted by molar-refractivity contribution is -0.140. The van der Waals surface area contributed by atoms with Crippen LogP contribution < -0.4 is 10.3 Å². The van der Waals surface area contributed by atoms with Gasteiger partial charge in [0.25, 0.3) is 5.56 Å². The number of H-pyrrole nitrogens is 1. The van der Waals surface area contributed by atoms with E-state index in [-0.39, 0.29) is 46.7 Å². The van der Waals surface area contributed by atoms with E-state index in [0.717, 1.165) is 4.52 Å². The summed E-state index contributed by atoms with van der Waals surface area (Å²) in [5, 5.41) is 12.0. The summed E-state index contributed by atoms with van der Waals surface area (Å²) in [5.41, 5.74) is -0.858. The Morgan fingerprint density at radius 3 is 2.58 bits per heavy atom. The van der Waals surface area contributed by atoms with Crippen molar-refractivity contribution in [2.75, 3.05) is 13.7 Å². The maximum atomic E-state index is 14.2. The summed E-state index contributed by atoms with van der Waals surface area (Å²) in [6.07, 6.45) is -2.92. The van der Waals surface area contributed by atoms with Crippen LogP contribution in [0.1, 0.15) is 36.6 Å². The van der Waals surface area contributed by atoms with Gasteiger partial charge in [-0.2, -0.15) is 17.7 Å². The van der Waals surface area contributed by atoms with E-state index in [1.54, 1.807) is 48.5 Å². The first kappa shape index (κ1) is 24.2. The van der Waals surface area contributed by atoms with E-state index < -0.39 is 17.4 Å². The molecule has 1 aliphatic carbocycles. The molecule has 3 heterocycles. The molecule has 11 heteroatoms. The van der Waals surface area contributed by atoms with Crippen molar-refractivity contribution in [1.29, 1.82) is 0 Å². The topological polar surface area (TPSA) is 106 Å². The van der Waals surface area contributed by atoms with Gasteiger partial charge in [-0.05, 0) is 42.9 Å². The van der Waals surface area contributed by atoms with Crippen molar-refractivity contribution in [1.82, 2.24) is 19.6 Å². The van der Waals surface area contributed by atoms with Crippen LogP contribution >= 0.6 is 0 Å². The summed E-state index contributed by atoms with van der Waals surface area (Å²) >= 11 is 0. The van der Waals surface area contributed by atoms with Crippen LogP contribution in [0.5, 0.6) is 5.75 Å². The average molecular weight is 524 g/mol. The van der Waals surface area contributed by atoms with Gasteiger partial charge in [0, 0.05) is 12.5 Å². The predicted molar refractivity (Wildman–Crippen MR) is 133 cm³/mol. The number of rotatable bonds is 5. The molecule has 2 N–H and O–H groups in total. The second-order valence-corrected chi connectivity index (χ2v) is 9.45. The van der Waals surface area contributed by atoms with Gasteiger partial charge in [-0.25, -0.2) is 9.97 Å². The van der Waals surface area contributed by atoms with Crippen molar-refractivity contribution < 1.29 is 27.4 Å². The summed E-state index contributed by atoms with van der Waals surface area (Å²) in [6, 6.07) is 13.1. The molecule has 1 aliphatic rings. The van der Waals surface area contributed by atoms with E-state index in [0.29, 0.717) is 41.8 Å².